The number of benzene rings is 2. The fourth-order valence-corrected chi connectivity index (χ4v) is 4.33. The largest absolute Gasteiger partial charge is 0.453 e. The van der Waals surface area contributed by atoms with Crippen molar-refractivity contribution in [1.29, 1.82) is 0 Å². The van der Waals surface area contributed by atoms with E-state index in [2.05, 4.69) is 25.8 Å². The molecule has 0 atom stereocenters. The molecule has 0 spiro atoms. The minimum absolute atomic E-state index is 0.0191. The molecule has 5 aromatic rings. The number of aromatic amines is 1. The highest BCUT2D eigenvalue weighted by Crippen LogP contribution is 2.34. The van der Waals surface area contributed by atoms with Crippen LogP contribution >= 0.6 is 0 Å². The summed E-state index contributed by atoms with van der Waals surface area (Å²) in [6.45, 7) is 6.82. The van der Waals surface area contributed by atoms with Crippen molar-refractivity contribution in [3.05, 3.63) is 99.0 Å². The van der Waals surface area contributed by atoms with E-state index in [0.717, 1.165) is 29.0 Å². The van der Waals surface area contributed by atoms with Crippen LogP contribution in [0.5, 0.6) is 11.5 Å². The van der Waals surface area contributed by atoms with Crippen molar-refractivity contribution in [2.24, 2.45) is 0 Å². The number of aromatic nitrogens is 5. The van der Waals surface area contributed by atoms with Gasteiger partial charge < -0.3 is 20.5 Å². The minimum Gasteiger partial charge on any atom is -0.453 e. The van der Waals surface area contributed by atoms with E-state index in [4.69, 9.17) is 4.74 Å². The molecule has 0 saturated carbocycles. The van der Waals surface area contributed by atoms with Gasteiger partial charge in [0.05, 0.1) is 11.3 Å². The number of aliphatic hydroxyl groups is 1. The van der Waals surface area contributed by atoms with Gasteiger partial charge in [-0.05, 0) is 64.1 Å². The van der Waals surface area contributed by atoms with Gasteiger partial charge in [-0.3, -0.25) is 19.3 Å². The van der Waals surface area contributed by atoms with E-state index in [-0.39, 0.29) is 35.0 Å². The van der Waals surface area contributed by atoms with E-state index in [0.29, 0.717) is 16.9 Å². The number of nitrogens with zero attached hydrogens (tertiary/aromatic N) is 4. The summed E-state index contributed by atoms with van der Waals surface area (Å²) in [5, 5.41) is 22.9. The monoisotopic (exact) mass is 605 g/mol. The van der Waals surface area contributed by atoms with Gasteiger partial charge in [0.1, 0.15) is 22.5 Å². The number of pyridine rings is 1. The molecule has 4 N–H and O–H groups in total. The molecule has 44 heavy (non-hydrogen) atoms. The first-order chi connectivity index (χ1) is 20.8. The average molecular weight is 606 g/mol. The van der Waals surface area contributed by atoms with Gasteiger partial charge in [-0.25, -0.2) is 23.1 Å². The molecule has 0 saturated heterocycles. The van der Waals surface area contributed by atoms with E-state index >= 15 is 4.39 Å². The number of fused-ring (bicyclic) bond motifs is 1. The number of H-pyrrole nitrogens is 1. The Kier molecular flexibility index (Phi) is 8.02. The highest BCUT2D eigenvalue weighted by Gasteiger charge is 2.21. The van der Waals surface area contributed by atoms with Crippen molar-refractivity contribution < 1.29 is 23.4 Å². The minimum atomic E-state index is -1.03. The molecule has 1 amide bonds. The third kappa shape index (κ3) is 6.20. The number of rotatable bonds is 9. The summed E-state index contributed by atoms with van der Waals surface area (Å²) in [4.78, 5) is 43.8. The normalized spacial score (nSPS) is 11.6. The van der Waals surface area contributed by atoms with Crippen molar-refractivity contribution in [3.8, 4) is 17.2 Å². The summed E-state index contributed by atoms with van der Waals surface area (Å²) in [6.07, 6.45) is 2.60. The van der Waals surface area contributed by atoms with Gasteiger partial charge in [0.2, 0.25) is 0 Å². The first-order valence-electron chi connectivity index (χ1n) is 13.5. The highest BCUT2D eigenvalue weighted by atomic mass is 19.1. The molecule has 0 bridgehead atoms. The molecule has 3 heterocycles. The molecule has 0 unspecified atom stereocenters. The fraction of sp³-hybridized carbons (Fsp3) is 0.233. The lowest BCUT2D eigenvalue weighted by atomic mass is 10.1. The summed E-state index contributed by atoms with van der Waals surface area (Å²) in [5.74, 6) is -1.85. The molecule has 0 aliphatic carbocycles. The van der Waals surface area contributed by atoms with E-state index in [9.17, 15) is 23.9 Å². The molecular weight excluding hydrogens is 576 g/mol. The van der Waals surface area contributed by atoms with E-state index < -0.39 is 40.4 Å². The van der Waals surface area contributed by atoms with Crippen molar-refractivity contribution in [3.63, 3.8) is 0 Å². The van der Waals surface area contributed by atoms with Gasteiger partial charge in [-0.1, -0.05) is 0 Å². The van der Waals surface area contributed by atoms with Crippen molar-refractivity contribution in [2.75, 3.05) is 17.2 Å². The molecule has 2 aromatic carbocycles. The van der Waals surface area contributed by atoms with Crippen LogP contribution in [0.4, 0.5) is 20.3 Å². The molecule has 3 aromatic heterocycles. The summed E-state index contributed by atoms with van der Waals surface area (Å²) < 4.78 is 36.5. The SMILES string of the molecule is CC(C)n1cc(C(=O)Nc2ccc(Oc3ccnc4[nH]nc(NCC(C)(C)O)c34)c(F)c2)c(=O)n(-c2ccc(F)cc2)c1=O. The maximum absolute atomic E-state index is 15.2. The molecular formula is C30H29F2N7O5. The van der Waals surface area contributed by atoms with Crippen LogP contribution < -0.4 is 26.6 Å². The fourth-order valence-electron chi connectivity index (χ4n) is 4.33. The lowest BCUT2D eigenvalue weighted by Gasteiger charge is -2.17. The van der Waals surface area contributed by atoms with Crippen LogP contribution in [0.1, 0.15) is 44.1 Å². The molecule has 0 aliphatic rings. The Balaban J connectivity index is 1.42. The summed E-state index contributed by atoms with van der Waals surface area (Å²) in [6, 6.07) is 9.50. The zero-order chi connectivity index (χ0) is 31.8. The maximum Gasteiger partial charge on any atom is 0.335 e. The van der Waals surface area contributed by atoms with Crippen molar-refractivity contribution in [1.82, 2.24) is 24.3 Å². The van der Waals surface area contributed by atoms with Crippen LogP contribution in [-0.2, 0) is 0 Å². The van der Waals surface area contributed by atoms with Gasteiger partial charge in [-0.15, -0.1) is 0 Å². The van der Waals surface area contributed by atoms with Crippen molar-refractivity contribution in [2.45, 2.75) is 39.3 Å². The zero-order valence-corrected chi connectivity index (χ0v) is 24.2. The number of nitrogens with one attached hydrogen (secondary N) is 3. The predicted molar refractivity (Wildman–Crippen MR) is 160 cm³/mol. The van der Waals surface area contributed by atoms with Crippen LogP contribution in [0, 0.1) is 11.6 Å². The molecule has 228 valence electrons. The summed E-state index contributed by atoms with van der Waals surface area (Å²) in [5.41, 5.74) is -2.56. The number of carbonyl (C=O) groups excluding carboxylic acids is 1. The summed E-state index contributed by atoms with van der Waals surface area (Å²) in [7, 11) is 0. The third-order valence-corrected chi connectivity index (χ3v) is 6.52. The van der Waals surface area contributed by atoms with Crippen LogP contribution in [0.15, 0.2) is 70.5 Å². The van der Waals surface area contributed by atoms with Gasteiger partial charge in [0.25, 0.3) is 11.5 Å². The van der Waals surface area contributed by atoms with E-state index in [1.54, 1.807) is 27.7 Å². The zero-order valence-electron chi connectivity index (χ0n) is 24.2. The van der Waals surface area contributed by atoms with E-state index in [1.165, 1.54) is 41.1 Å². The third-order valence-electron chi connectivity index (χ3n) is 6.52. The van der Waals surface area contributed by atoms with Gasteiger partial charge in [-0.2, -0.15) is 5.10 Å². The first-order valence-corrected chi connectivity index (χ1v) is 13.5. The van der Waals surface area contributed by atoms with E-state index in [1.807, 2.05) is 0 Å². The van der Waals surface area contributed by atoms with Crippen molar-refractivity contribution >= 4 is 28.4 Å². The molecule has 0 radical (unpaired) electrons. The van der Waals surface area contributed by atoms with Crippen LogP contribution in [0.2, 0.25) is 0 Å². The Hall–Kier alpha value is -5.37. The standard InChI is InChI=1S/C30H29F2N7O5/c1-16(2)38-14-20(28(41)39(29(38)42)19-8-5-17(31)6-9-19)27(40)35-18-7-10-22(21(32)13-18)44-23-11-12-33-25-24(23)26(37-36-25)34-15-30(3,4)43/h5-14,16,43H,15H2,1-4H3,(H,35,40)(H2,33,34,36,37). The van der Waals surface area contributed by atoms with Gasteiger partial charge in [0.15, 0.2) is 23.0 Å². The topological polar surface area (TPSA) is 156 Å². The summed E-state index contributed by atoms with van der Waals surface area (Å²) >= 11 is 0. The Labute approximate surface area is 249 Å². The number of halogens is 2. The Morgan fingerprint density at radius 2 is 1.82 bits per heavy atom. The first kappa shape index (κ1) is 30.1. The second kappa shape index (κ2) is 11.7. The van der Waals surface area contributed by atoms with Crippen LogP contribution in [-0.4, -0.2) is 47.5 Å². The predicted octanol–water partition coefficient (Wildman–Crippen LogP) is 4.36. The van der Waals surface area contributed by atoms with Crippen LogP contribution in [0.25, 0.3) is 16.7 Å². The Morgan fingerprint density at radius 1 is 1.09 bits per heavy atom. The number of amides is 1. The number of ether oxygens (including phenoxy) is 1. The molecule has 14 heteroatoms. The number of hydrogen-bond acceptors (Lipinski definition) is 8. The van der Waals surface area contributed by atoms with Gasteiger partial charge >= 0.3 is 5.69 Å². The Morgan fingerprint density at radius 3 is 2.48 bits per heavy atom. The highest BCUT2D eigenvalue weighted by molar-refractivity contribution is 6.04. The maximum atomic E-state index is 15.2. The lowest BCUT2D eigenvalue weighted by Crippen LogP contribution is -2.42. The smallest absolute Gasteiger partial charge is 0.335 e. The number of anilines is 2. The second-order valence-corrected chi connectivity index (χ2v) is 10.9. The van der Waals surface area contributed by atoms with Gasteiger partial charge in [0, 0.05) is 42.8 Å². The molecule has 0 fully saturated rings. The average Bonchev–Trinajstić information content (AvgIpc) is 3.38. The molecule has 12 nitrogen and oxygen atoms in total. The molecule has 0 aliphatic heterocycles. The second-order valence-electron chi connectivity index (χ2n) is 10.9. The lowest BCUT2D eigenvalue weighted by molar-refractivity contribution is 0.0944. The Bertz CT molecular complexity index is 1980. The number of hydrogen-bond donors (Lipinski definition) is 4. The quantitative estimate of drug-likeness (QED) is 0.193. The molecule has 5 rings (SSSR count). The van der Waals surface area contributed by atoms with Crippen LogP contribution in [0.3, 0.4) is 0 Å². The number of carbonyl (C=O) groups is 1.